The lowest BCUT2D eigenvalue weighted by Gasteiger charge is -2.35. The van der Waals surface area contributed by atoms with Gasteiger partial charge in [0.25, 0.3) is 0 Å². The maximum Gasteiger partial charge on any atom is 0.317 e. The van der Waals surface area contributed by atoms with Crippen LogP contribution in [0.1, 0.15) is 16.8 Å². The molecule has 3 aromatic rings. The Hall–Kier alpha value is -3.46. The first-order valence-electron chi connectivity index (χ1n) is 11.5. The molecule has 2 aliphatic rings. The Kier molecular flexibility index (Phi) is 5.95. The molecular formula is C24H30N8O. The Morgan fingerprint density at radius 1 is 0.970 bits per heavy atom. The fraction of sp³-hybridized carbons (Fsp3) is 0.417. The average molecular weight is 447 g/mol. The number of carbonyl (C=O) groups excluding carboxylic acids is 1. The van der Waals surface area contributed by atoms with Gasteiger partial charge in [0.2, 0.25) is 0 Å². The number of carbonyl (C=O) groups is 1. The standard InChI is InChI=1S/C24H30N8O/c1-18-21(15-28-29(18)2)17-30-11-13-31(14-12-30)23-22(25-7-8-26-23)20-5-3-19(4-6-20)16-32-10-9-27-24(32)33/h3-8,15H,9-14,16-17H2,1-2H3,(H,27,33). The molecule has 0 spiro atoms. The van der Waals surface area contributed by atoms with Crippen molar-refractivity contribution in [2.24, 2.45) is 7.05 Å². The number of urea groups is 1. The van der Waals surface area contributed by atoms with Gasteiger partial charge in [-0.05, 0) is 12.5 Å². The van der Waals surface area contributed by atoms with Crippen LogP contribution < -0.4 is 10.2 Å². The number of amides is 2. The monoisotopic (exact) mass is 446 g/mol. The Labute approximate surface area is 194 Å². The molecule has 2 saturated heterocycles. The number of nitrogens with one attached hydrogen (secondary N) is 1. The summed E-state index contributed by atoms with van der Waals surface area (Å²) >= 11 is 0. The summed E-state index contributed by atoms with van der Waals surface area (Å²) < 4.78 is 1.93. The Bertz CT molecular complexity index is 1120. The lowest BCUT2D eigenvalue weighted by Crippen LogP contribution is -2.46. The zero-order valence-corrected chi connectivity index (χ0v) is 19.2. The maximum atomic E-state index is 11.8. The number of rotatable bonds is 6. The molecular weight excluding hydrogens is 416 g/mol. The minimum absolute atomic E-state index is 0.00752. The van der Waals surface area contributed by atoms with Crippen molar-refractivity contribution in [3.05, 3.63) is 59.7 Å². The summed E-state index contributed by atoms with van der Waals surface area (Å²) in [5.41, 5.74) is 5.57. The summed E-state index contributed by atoms with van der Waals surface area (Å²) in [6.45, 7) is 8.91. The second kappa shape index (κ2) is 9.19. The molecule has 0 atom stereocenters. The second-order valence-corrected chi connectivity index (χ2v) is 8.72. The highest BCUT2D eigenvalue weighted by Crippen LogP contribution is 2.28. The maximum absolute atomic E-state index is 11.8. The number of hydrogen-bond donors (Lipinski definition) is 1. The van der Waals surface area contributed by atoms with Crippen LogP contribution in [0.3, 0.4) is 0 Å². The lowest BCUT2D eigenvalue weighted by atomic mass is 10.1. The van der Waals surface area contributed by atoms with Gasteiger partial charge in [0, 0.05) is 88.6 Å². The third-order valence-electron chi connectivity index (χ3n) is 6.63. The fourth-order valence-electron chi connectivity index (χ4n) is 4.47. The molecule has 0 bridgehead atoms. The van der Waals surface area contributed by atoms with Crippen LogP contribution in [0.15, 0.2) is 42.9 Å². The van der Waals surface area contributed by atoms with Crippen LogP contribution in [0.4, 0.5) is 10.6 Å². The van der Waals surface area contributed by atoms with E-state index in [1.54, 1.807) is 12.4 Å². The zero-order valence-electron chi connectivity index (χ0n) is 19.2. The van der Waals surface area contributed by atoms with E-state index in [0.717, 1.165) is 68.5 Å². The minimum atomic E-state index is 0.00752. The summed E-state index contributed by atoms with van der Waals surface area (Å²) in [5.74, 6) is 0.932. The normalized spacial score (nSPS) is 17.0. The van der Waals surface area contributed by atoms with E-state index in [0.29, 0.717) is 6.54 Å². The van der Waals surface area contributed by atoms with Crippen molar-refractivity contribution >= 4 is 11.8 Å². The van der Waals surface area contributed by atoms with Crippen molar-refractivity contribution in [3.8, 4) is 11.3 Å². The Morgan fingerprint density at radius 3 is 2.39 bits per heavy atom. The first-order chi connectivity index (χ1) is 16.1. The van der Waals surface area contributed by atoms with Gasteiger partial charge in [-0.2, -0.15) is 5.10 Å². The van der Waals surface area contributed by atoms with Crippen molar-refractivity contribution in [1.29, 1.82) is 0 Å². The smallest absolute Gasteiger partial charge is 0.317 e. The molecule has 0 unspecified atom stereocenters. The molecule has 1 N–H and O–H groups in total. The van der Waals surface area contributed by atoms with Crippen molar-refractivity contribution in [2.75, 3.05) is 44.2 Å². The largest absolute Gasteiger partial charge is 0.352 e. The van der Waals surface area contributed by atoms with Crippen LogP contribution in [-0.4, -0.2) is 74.8 Å². The summed E-state index contributed by atoms with van der Waals surface area (Å²) in [5, 5.41) is 7.21. The number of aryl methyl sites for hydroxylation is 1. The average Bonchev–Trinajstić information content (AvgIpc) is 3.40. The topological polar surface area (TPSA) is 82.4 Å². The van der Waals surface area contributed by atoms with Gasteiger partial charge in [0.1, 0.15) is 5.69 Å². The predicted octanol–water partition coefficient (Wildman–Crippen LogP) is 2.03. The van der Waals surface area contributed by atoms with Gasteiger partial charge in [-0.25, -0.2) is 9.78 Å². The molecule has 0 saturated carbocycles. The Morgan fingerprint density at radius 2 is 1.73 bits per heavy atom. The molecule has 1 aromatic carbocycles. The summed E-state index contributed by atoms with van der Waals surface area (Å²) in [6.07, 6.45) is 5.50. The van der Waals surface area contributed by atoms with Gasteiger partial charge in [-0.1, -0.05) is 24.3 Å². The predicted molar refractivity (Wildman–Crippen MR) is 127 cm³/mol. The highest BCUT2D eigenvalue weighted by molar-refractivity contribution is 5.76. The van der Waals surface area contributed by atoms with Crippen molar-refractivity contribution in [1.82, 2.24) is 34.9 Å². The van der Waals surface area contributed by atoms with Crippen LogP contribution in [0, 0.1) is 6.92 Å². The highest BCUT2D eigenvalue weighted by atomic mass is 16.2. The summed E-state index contributed by atoms with van der Waals surface area (Å²) in [6, 6.07) is 8.32. The molecule has 9 heteroatoms. The molecule has 2 aliphatic heterocycles. The van der Waals surface area contributed by atoms with Crippen LogP contribution in [0.25, 0.3) is 11.3 Å². The quantitative estimate of drug-likeness (QED) is 0.624. The zero-order chi connectivity index (χ0) is 22.8. The lowest BCUT2D eigenvalue weighted by molar-refractivity contribution is 0.215. The van der Waals surface area contributed by atoms with Gasteiger partial charge < -0.3 is 15.1 Å². The van der Waals surface area contributed by atoms with E-state index in [-0.39, 0.29) is 6.03 Å². The number of aromatic nitrogens is 4. The van der Waals surface area contributed by atoms with Gasteiger partial charge in [-0.3, -0.25) is 14.6 Å². The third-order valence-corrected chi connectivity index (χ3v) is 6.63. The highest BCUT2D eigenvalue weighted by Gasteiger charge is 2.23. The molecule has 5 rings (SSSR count). The van der Waals surface area contributed by atoms with Gasteiger partial charge >= 0.3 is 6.03 Å². The fourth-order valence-corrected chi connectivity index (χ4v) is 4.47. The SMILES string of the molecule is Cc1c(CN2CCN(c3nccnc3-c3ccc(CN4CCNC4=O)cc3)CC2)cnn1C. The summed E-state index contributed by atoms with van der Waals surface area (Å²) in [4.78, 5) is 27.8. The van der Waals surface area contributed by atoms with Crippen molar-refractivity contribution < 1.29 is 4.79 Å². The van der Waals surface area contributed by atoms with E-state index in [9.17, 15) is 4.79 Å². The molecule has 172 valence electrons. The first-order valence-corrected chi connectivity index (χ1v) is 11.5. The summed E-state index contributed by atoms with van der Waals surface area (Å²) in [7, 11) is 1.99. The number of anilines is 1. The van der Waals surface area contributed by atoms with Crippen LogP contribution in [-0.2, 0) is 20.1 Å². The molecule has 0 aliphatic carbocycles. The van der Waals surface area contributed by atoms with E-state index >= 15 is 0 Å². The second-order valence-electron chi connectivity index (χ2n) is 8.72. The molecule has 2 amide bonds. The van der Waals surface area contributed by atoms with E-state index in [4.69, 9.17) is 4.98 Å². The first kappa shape index (κ1) is 21.4. The van der Waals surface area contributed by atoms with Crippen molar-refractivity contribution in [3.63, 3.8) is 0 Å². The van der Waals surface area contributed by atoms with E-state index in [1.807, 2.05) is 22.8 Å². The minimum Gasteiger partial charge on any atom is -0.352 e. The number of benzene rings is 1. The van der Waals surface area contributed by atoms with Crippen LogP contribution in [0.2, 0.25) is 0 Å². The third kappa shape index (κ3) is 4.54. The molecule has 0 radical (unpaired) electrons. The van der Waals surface area contributed by atoms with Gasteiger partial charge in [0.05, 0.1) is 6.20 Å². The molecule has 4 heterocycles. The molecule has 2 aromatic heterocycles. The van der Waals surface area contributed by atoms with E-state index < -0.39 is 0 Å². The van der Waals surface area contributed by atoms with E-state index in [1.165, 1.54) is 11.3 Å². The van der Waals surface area contributed by atoms with Crippen molar-refractivity contribution in [2.45, 2.75) is 20.0 Å². The molecule has 33 heavy (non-hydrogen) atoms. The molecule has 9 nitrogen and oxygen atoms in total. The van der Waals surface area contributed by atoms with E-state index in [2.05, 4.69) is 56.4 Å². The van der Waals surface area contributed by atoms with Crippen LogP contribution >= 0.6 is 0 Å². The number of hydrogen-bond acceptors (Lipinski definition) is 6. The van der Waals surface area contributed by atoms with Gasteiger partial charge in [-0.15, -0.1) is 0 Å². The number of nitrogens with zero attached hydrogens (tertiary/aromatic N) is 7. The number of piperazine rings is 1. The van der Waals surface area contributed by atoms with Gasteiger partial charge in [0.15, 0.2) is 5.82 Å². The molecule has 2 fully saturated rings. The Balaban J connectivity index is 1.25. The van der Waals surface area contributed by atoms with Crippen LogP contribution in [0.5, 0.6) is 0 Å².